The third-order valence-corrected chi connectivity index (χ3v) is 3.27. The Morgan fingerprint density at radius 2 is 2.00 bits per heavy atom. The summed E-state index contributed by atoms with van der Waals surface area (Å²) in [6, 6.07) is 13.7. The molecule has 0 radical (unpaired) electrons. The molecule has 116 valence electrons. The van der Waals surface area contributed by atoms with Gasteiger partial charge in [-0.1, -0.05) is 29.8 Å². The van der Waals surface area contributed by atoms with Gasteiger partial charge < -0.3 is 10.6 Å². The number of rotatable bonds is 5. The van der Waals surface area contributed by atoms with Gasteiger partial charge in [-0.25, -0.2) is 4.99 Å². The van der Waals surface area contributed by atoms with E-state index in [1.54, 1.807) is 0 Å². The molecule has 0 aliphatic heterocycles. The number of hydrogen-bond acceptors (Lipinski definition) is 2. The molecule has 0 saturated heterocycles. The molecule has 0 amide bonds. The summed E-state index contributed by atoms with van der Waals surface area (Å²) in [5.74, 6) is 0.769. The minimum absolute atomic E-state index is 0.580. The third-order valence-electron chi connectivity index (χ3n) is 3.04. The molecule has 5 heteroatoms. The fourth-order valence-corrected chi connectivity index (χ4v) is 2.23. The largest absolute Gasteiger partial charge is 0.357 e. The molecule has 0 saturated carbocycles. The van der Waals surface area contributed by atoms with Crippen molar-refractivity contribution >= 4 is 17.6 Å². The van der Waals surface area contributed by atoms with Crippen LogP contribution in [0.5, 0.6) is 0 Å². The fraction of sp³-hybridized carbons (Fsp3) is 0.294. The van der Waals surface area contributed by atoms with Crippen LogP contribution in [0.1, 0.15) is 23.9 Å². The molecule has 0 bridgehead atoms. The second-order valence-corrected chi connectivity index (χ2v) is 5.39. The summed E-state index contributed by atoms with van der Waals surface area (Å²) in [4.78, 5) is 9.04. The van der Waals surface area contributed by atoms with Crippen molar-refractivity contribution in [3.05, 3.63) is 64.4 Å². The van der Waals surface area contributed by atoms with Crippen LogP contribution in [0.25, 0.3) is 0 Å². The molecule has 2 aromatic rings. The number of nitrogens with one attached hydrogen (secondary N) is 2. The van der Waals surface area contributed by atoms with Crippen molar-refractivity contribution in [3.8, 4) is 0 Å². The Morgan fingerprint density at radius 1 is 1.18 bits per heavy atom. The van der Waals surface area contributed by atoms with Gasteiger partial charge in [0.1, 0.15) is 0 Å². The van der Waals surface area contributed by atoms with Crippen LogP contribution in [0.3, 0.4) is 0 Å². The summed E-state index contributed by atoms with van der Waals surface area (Å²) in [5, 5.41) is 7.25. The summed E-state index contributed by atoms with van der Waals surface area (Å²) in [6.45, 7) is 6.06. The van der Waals surface area contributed by atoms with Crippen molar-refractivity contribution in [2.45, 2.75) is 26.9 Å². The Labute approximate surface area is 136 Å². The zero-order valence-corrected chi connectivity index (χ0v) is 13.7. The molecule has 4 nitrogen and oxygen atoms in total. The summed E-state index contributed by atoms with van der Waals surface area (Å²) < 4.78 is 0. The third kappa shape index (κ3) is 5.37. The van der Waals surface area contributed by atoms with E-state index in [-0.39, 0.29) is 0 Å². The molecule has 0 fully saturated rings. The zero-order chi connectivity index (χ0) is 15.8. The summed E-state index contributed by atoms with van der Waals surface area (Å²) in [7, 11) is 0. The predicted octanol–water partition coefficient (Wildman–Crippen LogP) is 3.30. The van der Waals surface area contributed by atoms with E-state index in [0.717, 1.165) is 34.5 Å². The van der Waals surface area contributed by atoms with Crippen LogP contribution < -0.4 is 10.6 Å². The number of aliphatic imine (C=N–C) groups is 1. The monoisotopic (exact) mass is 316 g/mol. The molecule has 0 unspecified atom stereocenters. The van der Waals surface area contributed by atoms with Gasteiger partial charge in [0.05, 0.1) is 18.8 Å². The quantitative estimate of drug-likeness (QED) is 0.657. The second-order valence-electron chi connectivity index (χ2n) is 4.95. The van der Waals surface area contributed by atoms with Crippen molar-refractivity contribution in [2.75, 3.05) is 6.54 Å². The number of halogens is 1. The van der Waals surface area contributed by atoms with Crippen molar-refractivity contribution in [3.63, 3.8) is 0 Å². The van der Waals surface area contributed by atoms with Crippen LogP contribution >= 0.6 is 11.6 Å². The lowest BCUT2D eigenvalue weighted by Gasteiger charge is -2.11. The lowest BCUT2D eigenvalue weighted by Crippen LogP contribution is -2.37. The fourth-order valence-electron chi connectivity index (χ4n) is 2.02. The number of aryl methyl sites for hydroxylation is 1. The molecule has 0 atom stereocenters. The number of guanidine groups is 1. The normalized spacial score (nSPS) is 11.3. The van der Waals surface area contributed by atoms with Gasteiger partial charge >= 0.3 is 0 Å². The molecule has 2 N–H and O–H groups in total. The highest BCUT2D eigenvalue weighted by molar-refractivity contribution is 6.30. The highest BCUT2D eigenvalue weighted by Gasteiger charge is 2.00. The van der Waals surface area contributed by atoms with Crippen LogP contribution in [0.15, 0.2) is 47.5 Å². The lowest BCUT2D eigenvalue weighted by atomic mass is 10.2. The minimum atomic E-state index is 0.580. The summed E-state index contributed by atoms with van der Waals surface area (Å²) >= 11 is 5.99. The standard InChI is InChI=1S/C17H21ClN4/c1-3-19-17(20-11-14-7-5-8-15(18)10-14)21-12-16-9-4-6-13(2)22-16/h4-10H,3,11-12H2,1-2H3,(H2,19,20,21). The van der Waals surface area contributed by atoms with E-state index in [9.17, 15) is 0 Å². The molecule has 0 aliphatic carbocycles. The van der Waals surface area contributed by atoms with Gasteiger partial charge in [0.2, 0.25) is 0 Å². The molecule has 1 aromatic heterocycles. The van der Waals surface area contributed by atoms with E-state index < -0.39 is 0 Å². The Hall–Kier alpha value is -2.07. The van der Waals surface area contributed by atoms with E-state index in [1.165, 1.54) is 0 Å². The van der Waals surface area contributed by atoms with Gasteiger partial charge in [-0.2, -0.15) is 0 Å². The first-order valence-electron chi connectivity index (χ1n) is 7.36. The molecular formula is C17H21ClN4. The van der Waals surface area contributed by atoms with Crippen LogP contribution in [0, 0.1) is 6.92 Å². The molecule has 1 aromatic carbocycles. The average molecular weight is 317 g/mol. The summed E-state index contributed by atoms with van der Waals surface area (Å²) in [5.41, 5.74) is 3.09. The van der Waals surface area contributed by atoms with Gasteiger partial charge in [0.25, 0.3) is 0 Å². The maximum Gasteiger partial charge on any atom is 0.191 e. The van der Waals surface area contributed by atoms with Crippen LogP contribution in [-0.2, 0) is 13.1 Å². The molecular weight excluding hydrogens is 296 g/mol. The predicted molar refractivity (Wildman–Crippen MR) is 92.1 cm³/mol. The number of benzene rings is 1. The highest BCUT2D eigenvalue weighted by Crippen LogP contribution is 2.11. The Balaban J connectivity index is 1.98. The van der Waals surface area contributed by atoms with Gasteiger partial charge in [-0.3, -0.25) is 4.98 Å². The van der Waals surface area contributed by atoms with Crippen LogP contribution in [0.2, 0.25) is 5.02 Å². The molecule has 1 heterocycles. The Morgan fingerprint density at radius 3 is 2.73 bits per heavy atom. The highest BCUT2D eigenvalue weighted by atomic mass is 35.5. The van der Waals surface area contributed by atoms with Crippen molar-refractivity contribution in [1.82, 2.24) is 15.6 Å². The van der Waals surface area contributed by atoms with Crippen LogP contribution in [-0.4, -0.2) is 17.5 Å². The van der Waals surface area contributed by atoms with Gasteiger partial charge in [-0.05, 0) is 43.7 Å². The Kier molecular flexibility index (Phi) is 6.22. The molecule has 22 heavy (non-hydrogen) atoms. The lowest BCUT2D eigenvalue weighted by molar-refractivity contribution is 0.796. The molecule has 2 rings (SSSR count). The van der Waals surface area contributed by atoms with Gasteiger partial charge in [0.15, 0.2) is 5.96 Å². The number of nitrogens with zero attached hydrogens (tertiary/aromatic N) is 2. The minimum Gasteiger partial charge on any atom is -0.357 e. The maximum absolute atomic E-state index is 5.99. The maximum atomic E-state index is 5.99. The summed E-state index contributed by atoms with van der Waals surface area (Å²) in [6.07, 6.45) is 0. The SMILES string of the molecule is CCNC(=NCc1cccc(Cl)c1)NCc1cccc(C)n1. The first-order valence-corrected chi connectivity index (χ1v) is 7.74. The van der Waals surface area contributed by atoms with Crippen molar-refractivity contribution < 1.29 is 0 Å². The average Bonchev–Trinajstić information content (AvgIpc) is 2.50. The molecule has 0 spiro atoms. The first-order chi connectivity index (χ1) is 10.7. The second kappa shape index (κ2) is 8.39. The van der Waals surface area contributed by atoms with Gasteiger partial charge in [0, 0.05) is 17.3 Å². The van der Waals surface area contributed by atoms with E-state index >= 15 is 0 Å². The zero-order valence-electron chi connectivity index (χ0n) is 12.9. The van der Waals surface area contributed by atoms with E-state index in [2.05, 4.69) is 20.6 Å². The van der Waals surface area contributed by atoms with Crippen molar-refractivity contribution in [2.24, 2.45) is 4.99 Å². The number of hydrogen-bond donors (Lipinski definition) is 2. The van der Waals surface area contributed by atoms with E-state index in [4.69, 9.17) is 11.6 Å². The first kappa shape index (κ1) is 16.3. The number of aromatic nitrogens is 1. The van der Waals surface area contributed by atoms with Gasteiger partial charge in [-0.15, -0.1) is 0 Å². The van der Waals surface area contributed by atoms with Crippen molar-refractivity contribution in [1.29, 1.82) is 0 Å². The van der Waals surface area contributed by atoms with E-state index in [0.29, 0.717) is 13.1 Å². The van der Waals surface area contributed by atoms with E-state index in [1.807, 2.05) is 56.3 Å². The Bertz CT molecular complexity index is 640. The smallest absolute Gasteiger partial charge is 0.191 e. The number of pyridine rings is 1. The topological polar surface area (TPSA) is 49.3 Å². The molecule has 0 aliphatic rings. The van der Waals surface area contributed by atoms with Crippen LogP contribution in [0.4, 0.5) is 0 Å².